The number of rotatable bonds is 1. The molecule has 1 aromatic rings. The number of likely N-dealkylation sites (N-methyl/N-ethyl adjacent to an activating group) is 1. The fraction of sp³-hybridized carbons (Fsp3) is 0.667. The van der Waals surface area contributed by atoms with Gasteiger partial charge in [-0.1, -0.05) is 0 Å². The number of anilines is 1. The third-order valence-corrected chi connectivity index (χ3v) is 3.71. The maximum absolute atomic E-state index is 5.88. The molecule has 1 aliphatic rings. The van der Waals surface area contributed by atoms with Crippen LogP contribution in [-0.4, -0.2) is 47.1 Å². The molecule has 5 heteroatoms. The third-order valence-electron chi connectivity index (χ3n) is 3.53. The van der Waals surface area contributed by atoms with Crippen LogP contribution in [0.25, 0.3) is 0 Å². The zero-order valence-corrected chi connectivity index (χ0v) is 11.6. The Hall–Kier alpha value is -0.870. The highest BCUT2D eigenvalue weighted by Gasteiger charge is 2.32. The van der Waals surface area contributed by atoms with E-state index in [2.05, 4.69) is 40.7 Å². The normalized spacial score (nSPS) is 20.6. The quantitative estimate of drug-likeness (QED) is 0.718. The maximum atomic E-state index is 5.88. The number of aryl methyl sites for hydroxylation is 1. The molecular formula is C12H19ClN4. The number of aromatic nitrogens is 2. The van der Waals surface area contributed by atoms with Crippen LogP contribution in [0.4, 0.5) is 5.82 Å². The van der Waals surface area contributed by atoms with E-state index in [0.717, 1.165) is 31.0 Å². The number of piperazine rings is 1. The fourth-order valence-corrected chi connectivity index (χ4v) is 2.28. The summed E-state index contributed by atoms with van der Waals surface area (Å²) in [4.78, 5) is 13.0. The van der Waals surface area contributed by atoms with Gasteiger partial charge in [-0.3, -0.25) is 4.90 Å². The van der Waals surface area contributed by atoms with Crippen LogP contribution in [0.2, 0.25) is 5.28 Å². The lowest BCUT2D eigenvalue weighted by Crippen LogP contribution is -2.58. The average molecular weight is 255 g/mol. The molecular weight excluding hydrogens is 236 g/mol. The standard InChI is InChI=1S/C12H19ClN4/c1-9-7-14-11(13)15-10(9)17-6-5-16(4)12(2,3)8-17/h7H,5-6,8H2,1-4H3. The summed E-state index contributed by atoms with van der Waals surface area (Å²) in [7, 11) is 2.16. The molecule has 0 spiro atoms. The van der Waals surface area contributed by atoms with Crippen molar-refractivity contribution in [1.82, 2.24) is 14.9 Å². The first kappa shape index (κ1) is 12.6. The highest BCUT2D eigenvalue weighted by atomic mass is 35.5. The van der Waals surface area contributed by atoms with E-state index in [0.29, 0.717) is 5.28 Å². The van der Waals surface area contributed by atoms with Crippen LogP contribution < -0.4 is 4.90 Å². The largest absolute Gasteiger partial charge is 0.353 e. The van der Waals surface area contributed by atoms with Crippen LogP contribution in [0, 0.1) is 6.92 Å². The van der Waals surface area contributed by atoms with Crippen molar-refractivity contribution in [3.63, 3.8) is 0 Å². The fourth-order valence-electron chi connectivity index (χ4n) is 2.15. The van der Waals surface area contributed by atoms with E-state index in [1.165, 1.54) is 0 Å². The topological polar surface area (TPSA) is 32.3 Å². The molecule has 1 fully saturated rings. The molecule has 0 unspecified atom stereocenters. The third kappa shape index (κ3) is 2.53. The Morgan fingerprint density at radius 1 is 1.35 bits per heavy atom. The minimum absolute atomic E-state index is 0.155. The summed E-state index contributed by atoms with van der Waals surface area (Å²) in [6.07, 6.45) is 1.79. The Labute approximate surface area is 108 Å². The molecule has 0 aromatic carbocycles. The lowest BCUT2D eigenvalue weighted by atomic mass is 9.99. The highest BCUT2D eigenvalue weighted by Crippen LogP contribution is 2.25. The molecule has 0 aliphatic carbocycles. The molecule has 0 N–H and O–H groups in total. The van der Waals surface area contributed by atoms with E-state index in [4.69, 9.17) is 11.6 Å². The molecule has 1 aromatic heterocycles. The van der Waals surface area contributed by atoms with Gasteiger partial charge in [-0.25, -0.2) is 9.97 Å². The van der Waals surface area contributed by atoms with Crippen molar-refractivity contribution in [1.29, 1.82) is 0 Å². The molecule has 4 nitrogen and oxygen atoms in total. The van der Waals surface area contributed by atoms with Gasteiger partial charge in [0.15, 0.2) is 0 Å². The Kier molecular flexibility index (Phi) is 3.27. The van der Waals surface area contributed by atoms with Crippen molar-refractivity contribution < 1.29 is 0 Å². The van der Waals surface area contributed by atoms with Gasteiger partial charge >= 0.3 is 0 Å². The van der Waals surface area contributed by atoms with Gasteiger partial charge in [-0.2, -0.15) is 0 Å². The van der Waals surface area contributed by atoms with Crippen molar-refractivity contribution in [3.8, 4) is 0 Å². The van der Waals surface area contributed by atoms with Crippen molar-refractivity contribution in [2.24, 2.45) is 0 Å². The Morgan fingerprint density at radius 3 is 2.71 bits per heavy atom. The summed E-state index contributed by atoms with van der Waals surface area (Å²) in [6, 6.07) is 0. The lowest BCUT2D eigenvalue weighted by Gasteiger charge is -2.46. The monoisotopic (exact) mass is 254 g/mol. The zero-order valence-electron chi connectivity index (χ0n) is 10.9. The first-order chi connectivity index (χ1) is 7.90. The molecule has 2 heterocycles. The second-order valence-corrected chi connectivity index (χ2v) is 5.64. The number of halogens is 1. The molecule has 0 bridgehead atoms. The van der Waals surface area contributed by atoms with Crippen molar-refractivity contribution >= 4 is 17.4 Å². The zero-order chi connectivity index (χ0) is 12.6. The van der Waals surface area contributed by atoms with Gasteiger partial charge in [0, 0.05) is 36.9 Å². The Bertz CT molecular complexity index is 419. The molecule has 2 rings (SSSR count). The molecule has 0 atom stereocenters. The van der Waals surface area contributed by atoms with Crippen LogP contribution in [-0.2, 0) is 0 Å². The molecule has 0 radical (unpaired) electrons. The van der Waals surface area contributed by atoms with Gasteiger partial charge in [-0.05, 0) is 39.4 Å². The van der Waals surface area contributed by atoms with Crippen LogP contribution in [0.3, 0.4) is 0 Å². The van der Waals surface area contributed by atoms with Gasteiger partial charge in [0.25, 0.3) is 0 Å². The number of hydrogen-bond donors (Lipinski definition) is 0. The minimum Gasteiger partial charge on any atom is -0.353 e. The molecule has 17 heavy (non-hydrogen) atoms. The summed E-state index contributed by atoms with van der Waals surface area (Å²) in [5.41, 5.74) is 1.23. The van der Waals surface area contributed by atoms with Gasteiger partial charge < -0.3 is 4.90 Å². The summed E-state index contributed by atoms with van der Waals surface area (Å²) >= 11 is 5.88. The summed E-state index contributed by atoms with van der Waals surface area (Å²) in [5.74, 6) is 0.964. The second-order valence-electron chi connectivity index (χ2n) is 5.30. The lowest BCUT2D eigenvalue weighted by molar-refractivity contribution is 0.138. The summed E-state index contributed by atoms with van der Waals surface area (Å²) in [5, 5.41) is 0.322. The van der Waals surface area contributed by atoms with Gasteiger partial charge in [0.2, 0.25) is 5.28 Å². The summed E-state index contributed by atoms with van der Waals surface area (Å²) < 4.78 is 0. The first-order valence-corrected chi connectivity index (χ1v) is 6.23. The molecule has 0 saturated carbocycles. The van der Waals surface area contributed by atoms with E-state index >= 15 is 0 Å². The van der Waals surface area contributed by atoms with Crippen LogP contribution >= 0.6 is 11.6 Å². The van der Waals surface area contributed by atoms with Crippen molar-refractivity contribution in [2.45, 2.75) is 26.3 Å². The predicted octanol–water partition coefficient (Wildman–Crippen LogP) is 1.97. The van der Waals surface area contributed by atoms with Gasteiger partial charge in [-0.15, -0.1) is 0 Å². The van der Waals surface area contributed by atoms with Crippen LogP contribution in [0.1, 0.15) is 19.4 Å². The second kappa shape index (κ2) is 4.42. The molecule has 1 saturated heterocycles. The van der Waals surface area contributed by atoms with Gasteiger partial charge in [0.1, 0.15) is 5.82 Å². The smallest absolute Gasteiger partial charge is 0.224 e. The van der Waals surface area contributed by atoms with E-state index in [-0.39, 0.29) is 5.54 Å². The van der Waals surface area contributed by atoms with Crippen LogP contribution in [0.5, 0.6) is 0 Å². The van der Waals surface area contributed by atoms with E-state index < -0.39 is 0 Å². The van der Waals surface area contributed by atoms with Crippen molar-refractivity contribution in [3.05, 3.63) is 17.0 Å². The van der Waals surface area contributed by atoms with Crippen LogP contribution in [0.15, 0.2) is 6.20 Å². The Balaban J connectivity index is 2.26. The highest BCUT2D eigenvalue weighted by molar-refractivity contribution is 6.28. The number of hydrogen-bond acceptors (Lipinski definition) is 4. The van der Waals surface area contributed by atoms with E-state index in [1.807, 2.05) is 6.92 Å². The van der Waals surface area contributed by atoms with E-state index in [9.17, 15) is 0 Å². The molecule has 0 amide bonds. The number of nitrogens with zero attached hydrogens (tertiary/aromatic N) is 4. The maximum Gasteiger partial charge on any atom is 0.224 e. The molecule has 94 valence electrons. The van der Waals surface area contributed by atoms with E-state index in [1.54, 1.807) is 6.20 Å². The van der Waals surface area contributed by atoms with Crippen molar-refractivity contribution in [2.75, 3.05) is 31.6 Å². The summed E-state index contributed by atoms with van der Waals surface area (Å²) in [6.45, 7) is 9.49. The SMILES string of the molecule is Cc1cnc(Cl)nc1N1CCN(C)C(C)(C)C1. The Morgan fingerprint density at radius 2 is 2.06 bits per heavy atom. The first-order valence-electron chi connectivity index (χ1n) is 5.85. The average Bonchev–Trinajstić information content (AvgIpc) is 2.25. The molecule has 1 aliphatic heterocycles. The predicted molar refractivity (Wildman–Crippen MR) is 70.7 cm³/mol. The minimum atomic E-state index is 0.155. The van der Waals surface area contributed by atoms with Gasteiger partial charge in [0.05, 0.1) is 0 Å².